The number of nitrogens with zero attached hydrogens (tertiary/aromatic N) is 4. The number of hydrogen-bond acceptors (Lipinski definition) is 6. The molecule has 0 spiro atoms. The van der Waals surface area contributed by atoms with E-state index in [4.69, 9.17) is 9.90 Å². The van der Waals surface area contributed by atoms with Crippen LogP contribution in [-0.4, -0.2) is 61.3 Å². The average Bonchev–Trinajstić information content (AvgIpc) is 3.28. The van der Waals surface area contributed by atoms with Crippen molar-refractivity contribution in [2.45, 2.75) is 57.0 Å². The molecular weight excluding hydrogens is 461 g/mol. The van der Waals surface area contributed by atoms with Crippen molar-refractivity contribution < 1.29 is 36.6 Å². The Morgan fingerprint density at radius 2 is 2.00 bits per heavy atom. The highest BCUT2D eigenvalue weighted by molar-refractivity contribution is 7.09. The van der Waals surface area contributed by atoms with Gasteiger partial charge < -0.3 is 10.4 Å². The molecule has 176 valence electrons. The average molecular weight is 481 g/mol. The first-order valence-corrected chi connectivity index (χ1v) is 10.4. The Balaban J connectivity index is 0.000000360. The second-order valence-corrected chi connectivity index (χ2v) is 8.65. The number of fused-ring (bicyclic) bond motifs is 1. The number of thiazole rings is 1. The number of carboxylic acids is 1. The van der Waals surface area contributed by atoms with Crippen molar-refractivity contribution in [1.82, 2.24) is 25.0 Å². The smallest absolute Gasteiger partial charge is 0.475 e. The van der Waals surface area contributed by atoms with Crippen molar-refractivity contribution >= 4 is 23.2 Å². The van der Waals surface area contributed by atoms with Crippen LogP contribution in [0.5, 0.6) is 0 Å². The van der Waals surface area contributed by atoms with E-state index in [1.54, 1.807) is 22.2 Å². The van der Waals surface area contributed by atoms with Crippen LogP contribution in [0.2, 0.25) is 0 Å². The van der Waals surface area contributed by atoms with E-state index < -0.39 is 30.2 Å². The highest BCUT2D eigenvalue weighted by Crippen LogP contribution is 2.37. The van der Waals surface area contributed by atoms with Crippen LogP contribution in [0.15, 0.2) is 17.6 Å². The molecule has 1 amide bonds. The highest BCUT2D eigenvalue weighted by atomic mass is 32.1. The molecule has 1 atom stereocenters. The second-order valence-electron chi connectivity index (χ2n) is 7.58. The minimum absolute atomic E-state index is 0.246. The minimum Gasteiger partial charge on any atom is -0.475 e. The Morgan fingerprint density at radius 3 is 2.53 bits per heavy atom. The van der Waals surface area contributed by atoms with Crippen LogP contribution in [0, 0.1) is 6.92 Å². The molecule has 0 saturated heterocycles. The molecule has 1 aliphatic heterocycles. The molecule has 1 unspecified atom stereocenters. The third kappa shape index (κ3) is 6.00. The van der Waals surface area contributed by atoms with Gasteiger partial charge in [-0.3, -0.25) is 14.4 Å². The predicted octanol–water partition coefficient (Wildman–Crippen LogP) is 2.75. The van der Waals surface area contributed by atoms with Gasteiger partial charge in [0, 0.05) is 50.1 Å². The maximum atomic E-state index is 13.0. The van der Waals surface area contributed by atoms with E-state index in [-0.39, 0.29) is 18.7 Å². The standard InChI is InChI=1S/C16H19F2N5OS.C2HF3O2/c1-10-20-12(9-25-10)6-22-7-13-2-3-19-23(13)14(8-22)15(24)21-11-4-16(17,18)5-11;3-2(4,5)1(6)7/h2-3,9,11,14H,4-8H2,1H3,(H,21,24);(H,6,7). The van der Waals surface area contributed by atoms with Gasteiger partial charge in [0.15, 0.2) is 0 Å². The van der Waals surface area contributed by atoms with Crippen LogP contribution < -0.4 is 5.32 Å². The van der Waals surface area contributed by atoms with Crippen LogP contribution in [0.4, 0.5) is 22.0 Å². The van der Waals surface area contributed by atoms with Gasteiger partial charge in [0.25, 0.3) is 5.92 Å². The molecule has 0 radical (unpaired) electrons. The summed E-state index contributed by atoms with van der Waals surface area (Å²) in [6.45, 7) is 3.78. The molecule has 2 aromatic heterocycles. The van der Waals surface area contributed by atoms with E-state index >= 15 is 0 Å². The third-order valence-electron chi connectivity index (χ3n) is 4.90. The first kappa shape index (κ1) is 24.0. The quantitative estimate of drug-likeness (QED) is 0.652. The van der Waals surface area contributed by atoms with Gasteiger partial charge in [-0.25, -0.2) is 18.6 Å². The summed E-state index contributed by atoms with van der Waals surface area (Å²) in [7, 11) is 0. The summed E-state index contributed by atoms with van der Waals surface area (Å²) in [5.41, 5.74) is 1.92. The van der Waals surface area contributed by atoms with E-state index in [9.17, 15) is 26.7 Å². The summed E-state index contributed by atoms with van der Waals surface area (Å²) >= 11 is 1.60. The number of alkyl halides is 5. The van der Waals surface area contributed by atoms with E-state index in [1.165, 1.54) is 0 Å². The molecule has 1 saturated carbocycles. The van der Waals surface area contributed by atoms with E-state index in [1.807, 2.05) is 18.4 Å². The summed E-state index contributed by atoms with van der Waals surface area (Å²) in [4.78, 5) is 28.1. The largest absolute Gasteiger partial charge is 0.490 e. The van der Waals surface area contributed by atoms with Crippen LogP contribution >= 0.6 is 11.3 Å². The van der Waals surface area contributed by atoms with Gasteiger partial charge in [-0.2, -0.15) is 18.3 Å². The van der Waals surface area contributed by atoms with E-state index in [0.717, 1.165) is 16.4 Å². The zero-order chi connectivity index (χ0) is 23.7. The molecule has 2 N–H and O–H groups in total. The number of rotatable bonds is 4. The third-order valence-corrected chi connectivity index (χ3v) is 5.72. The van der Waals surface area contributed by atoms with Gasteiger partial charge in [-0.05, 0) is 13.0 Å². The molecule has 1 aliphatic carbocycles. The lowest BCUT2D eigenvalue weighted by molar-refractivity contribution is -0.192. The number of aromatic nitrogens is 3. The SMILES string of the molecule is Cc1nc(CN2Cc3ccnn3C(C(=O)NC3CC(F)(F)C3)C2)cs1.O=C(O)C(F)(F)F. The molecule has 0 aromatic carbocycles. The van der Waals surface area contributed by atoms with Crippen LogP contribution in [0.25, 0.3) is 0 Å². The molecule has 2 aromatic rings. The maximum absolute atomic E-state index is 13.0. The summed E-state index contributed by atoms with van der Waals surface area (Å²) in [5.74, 6) is -5.65. The van der Waals surface area contributed by atoms with Crippen molar-refractivity contribution in [2.75, 3.05) is 6.54 Å². The molecule has 4 rings (SSSR count). The van der Waals surface area contributed by atoms with Crippen LogP contribution in [-0.2, 0) is 22.7 Å². The molecule has 1 fully saturated rings. The van der Waals surface area contributed by atoms with Crippen LogP contribution in [0.3, 0.4) is 0 Å². The normalized spacial score (nSPS) is 20.5. The number of aliphatic carboxylic acids is 1. The topological polar surface area (TPSA) is 100 Å². The van der Waals surface area contributed by atoms with Crippen LogP contribution in [0.1, 0.15) is 35.3 Å². The van der Waals surface area contributed by atoms with Crippen molar-refractivity contribution in [3.63, 3.8) is 0 Å². The Morgan fingerprint density at radius 1 is 1.34 bits per heavy atom. The van der Waals surface area contributed by atoms with Gasteiger partial charge in [0.1, 0.15) is 6.04 Å². The number of nitrogens with one attached hydrogen (secondary N) is 1. The molecule has 14 heteroatoms. The Kier molecular flexibility index (Phi) is 6.83. The Labute approximate surface area is 183 Å². The molecule has 0 bridgehead atoms. The lowest BCUT2D eigenvalue weighted by Crippen LogP contribution is -2.54. The van der Waals surface area contributed by atoms with Crippen molar-refractivity contribution in [3.8, 4) is 0 Å². The van der Waals surface area contributed by atoms with Gasteiger partial charge in [-0.15, -0.1) is 11.3 Å². The summed E-state index contributed by atoms with van der Waals surface area (Å²) in [6, 6.07) is 0.932. The van der Waals surface area contributed by atoms with Crippen molar-refractivity contribution in [3.05, 3.63) is 34.0 Å². The lowest BCUT2D eigenvalue weighted by atomic mass is 9.88. The first-order valence-electron chi connectivity index (χ1n) is 9.48. The lowest BCUT2D eigenvalue weighted by Gasteiger charge is -2.38. The summed E-state index contributed by atoms with van der Waals surface area (Å²) in [6.07, 6.45) is -3.97. The Bertz CT molecular complexity index is 968. The summed E-state index contributed by atoms with van der Waals surface area (Å²) in [5, 5.41) is 17.1. The molecule has 32 heavy (non-hydrogen) atoms. The molecule has 3 heterocycles. The first-order chi connectivity index (χ1) is 14.8. The number of carboxylic acid groups (broad SMARTS) is 1. The Hall–Kier alpha value is -2.61. The number of aryl methyl sites for hydroxylation is 1. The highest BCUT2D eigenvalue weighted by Gasteiger charge is 2.46. The number of hydrogen-bond donors (Lipinski definition) is 2. The summed E-state index contributed by atoms with van der Waals surface area (Å²) < 4.78 is 59.4. The molecular formula is C18H20F5N5O3S. The number of carbonyl (C=O) groups excluding carboxylic acids is 1. The fourth-order valence-electron chi connectivity index (χ4n) is 3.45. The van der Waals surface area contributed by atoms with Gasteiger partial charge in [0.2, 0.25) is 5.91 Å². The number of halogens is 5. The van der Waals surface area contributed by atoms with E-state index in [0.29, 0.717) is 19.6 Å². The monoisotopic (exact) mass is 481 g/mol. The number of carbonyl (C=O) groups is 2. The predicted molar refractivity (Wildman–Crippen MR) is 102 cm³/mol. The fraction of sp³-hybridized carbons (Fsp3) is 0.556. The molecule has 8 nitrogen and oxygen atoms in total. The second kappa shape index (κ2) is 9.10. The van der Waals surface area contributed by atoms with Crippen molar-refractivity contribution in [2.24, 2.45) is 0 Å². The minimum atomic E-state index is -5.08. The number of amides is 1. The van der Waals surface area contributed by atoms with Crippen molar-refractivity contribution in [1.29, 1.82) is 0 Å². The zero-order valence-corrected chi connectivity index (χ0v) is 17.6. The zero-order valence-electron chi connectivity index (χ0n) is 16.8. The van der Waals surface area contributed by atoms with Gasteiger partial charge >= 0.3 is 12.1 Å². The van der Waals surface area contributed by atoms with Gasteiger partial charge in [-0.1, -0.05) is 0 Å². The fourth-order valence-corrected chi connectivity index (χ4v) is 4.05. The van der Waals surface area contributed by atoms with E-state index in [2.05, 4.69) is 20.3 Å². The maximum Gasteiger partial charge on any atom is 0.490 e. The van der Waals surface area contributed by atoms with Gasteiger partial charge in [0.05, 0.1) is 16.4 Å². The molecule has 2 aliphatic rings.